The van der Waals surface area contributed by atoms with E-state index in [4.69, 9.17) is 0 Å². The fourth-order valence-corrected chi connectivity index (χ4v) is 10.6. The van der Waals surface area contributed by atoms with Gasteiger partial charge in [0, 0.05) is 22.4 Å². The molecule has 1 aliphatic carbocycles. The minimum atomic E-state index is -0.359. The van der Waals surface area contributed by atoms with Gasteiger partial charge in [-0.25, -0.2) is 0 Å². The standard InChI is InChI=1S/C64H45N/c1-64(49-29-15-6-16-30-49)59-34-20-19-32-54(59)55-39-37-51(43-60(55)64)65(61-40-35-48(44-21-7-2-8-22-44)41-57(61)45-23-9-3-10-24-45)50-36-38-53-52-31-17-18-33-56(52)62(46-25-11-4-12-26-46)63(58(53)42-50)47-27-13-5-14-28-47/h2-43H,1H3. The lowest BCUT2D eigenvalue weighted by atomic mass is 9.74. The summed E-state index contributed by atoms with van der Waals surface area (Å²) in [5.74, 6) is 0. The highest BCUT2D eigenvalue weighted by Gasteiger charge is 2.41. The fourth-order valence-electron chi connectivity index (χ4n) is 10.6. The van der Waals surface area contributed by atoms with Gasteiger partial charge in [-0.05, 0) is 132 Å². The molecule has 0 saturated heterocycles. The molecule has 306 valence electrons. The molecule has 0 aliphatic heterocycles. The number of rotatable bonds is 8. The summed E-state index contributed by atoms with van der Waals surface area (Å²) < 4.78 is 0. The third-order valence-corrected chi connectivity index (χ3v) is 13.7. The van der Waals surface area contributed by atoms with Gasteiger partial charge < -0.3 is 4.90 Å². The Morgan fingerprint density at radius 1 is 0.292 bits per heavy atom. The van der Waals surface area contributed by atoms with E-state index in [0.717, 1.165) is 28.2 Å². The molecule has 1 nitrogen and oxygen atoms in total. The van der Waals surface area contributed by atoms with E-state index in [1.807, 2.05) is 0 Å². The maximum absolute atomic E-state index is 2.51. The molecule has 1 unspecified atom stereocenters. The van der Waals surface area contributed by atoms with Gasteiger partial charge in [-0.1, -0.05) is 218 Å². The van der Waals surface area contributed by atoms with Crippen molar-refractivity contribution in [3.63, 3.8) is 0 Å². The van der Waals surface area contributed by atoms with Gasteiger partial charge in [-0.3, -0.25) is 0 Å². The minimum Gasteiger partial charge on any atom is -0.310 e. The van der Waals surface area contributed by atoms with Crippen molar-refractivity contribution in [2.75, 3.05) is 4.90 Å². The van der Waals surface area contributed by atoms with Crippen LogP contribution < -0.4 is 4.90 Å². The van der Waals surface area contributed by atoms with Gasteiger partial charge in [0.15, 0.2) is 0 Å². The number of hydrogen-bond acceptors (Lipinski definition) is 1. The first-order valence-electron chi connectivity index (χ1n) is 22.6. The zero-order valence-corrected chi connectivity index (χ0v) is 36.2. The van der Waals surface area contributed by atoms with Crippen LogP contribution in [0.5, 0.6) is 0 Å². The van der Waals surface area contributed by atoms with Crippen LogP contribution in [0.1, 0.15) is 23.6 Å². The highest BCUT2D eigenvalue weighted by Crippen LogP contribution is 2.55. The van der Waals surface area contributed by atoms with Crippen molar-refractivity contribution in [1.29, 1.82) is 0 Å². The Labute approximate surface area is 381 Å². The predicted molar refractivity (Wildman–Crippen MR) is 275 cm³/mol. The zero-order valence-electron chi connectivity index (χ0n) is 36.2. The van der Waals surface area contributed by atoms with Crippen molar-refractivity contribution in [2.45, 2.75) is 12.3 Å². The summed E-state index contributed by atoms with van der Waals surface area (Å²) in [6.45, 7) is 2.41. The van der Waals surface area contributed by atoms with E-state index >= 15 is 0 Å². The molecule has 11 aromatic carbocycles. The monoisotopic (exact) mass is 827 g/mol. The van der Waals surface area contributed by atoms with Gasteiger partial charge in [0.05, 0.1) is 5.69 Å². The van der Waals surface area contributed by atoms with Gasteiger partial charge in [0.1, 0.15) is 0 Å². The molecule has 1 aliphatic rings. The fraction of sp³-hybridized carbons (Fsp3) is 0.0312. The van der Waals surface area contributed by atoms with Crippen LogP contribution >= 0.6 is 0 Å². The van der Waals surface area contributed by atoms with Crippen LogP contribution in [0.2, 0.25) is 0 Å². The Bertz CT molecular complexity index is 3530. The average Bonchev–Trinajstić information content (AvgIpc) is 3.65. The number of nitrogens with zero attached hydrogens (tertiary/aromatic N) is 1. The summed E-state index contributed by atoms with van der Waals surface area (Å²) in [4.78, 5) is 2.51. The molecule has 0 bridgehead atoms. The van der Waals surface area contributed by atoms with E-state index in [2.05, 4.69) is 267 Å². The van der Waals surface area contributed by atoms with Crippen molar-refractivity contribution >= 4 is 38.6 Å². The van der Waals surface area contributed by atoms with Crippen molar-refractivity contribution in [1.82, 2.24) is 0 Å². The Kier molecular flexibility index (Phi) is 9.35. The van der Waals surface area contributed by atoms with Crippen LogP contribution in [-0.4, -0.2) is 0 Å². The summed E-state index contributed by atoms with van der Waals surface area (Å²) in [5, 5.41) is 4.92. The van der Waals surface area contributed by atoms with E-state index in [0.29, 0.717) is 0 Å². The highest BCUT2D eigenvalue weighted by atomic mass is 15.1. The quantitative estimate of drug-likeness (QED) is 0.138. The SMILES string of the molecule is CC1(c2ccccc2)c2ccccc2-c2ccc(N(c3ccc4c(c3)c(-c3ccccc3)c(-c3ccccc3)c3ccccc34)c3ccc(-c4ccccc4)cc3-c3ccccc3)cc21. The highest BCUT2D eigenvalue weighted by molar-refractivity contribution is 6.22. The summed E-state index contributed by atoms with van der Waals surface area (Å²) in [7, 11) is 0. The lowest BCUT2D eigenvalue weighted by Gasteiger charge is -2.32. The van der Waals surface area contributed by atoms with Crippen molar-refractivity contribution in [3.05, 3.63) is 271 Å². The second-order valence-electron chi connectivity index (χ2n) is 17.3. The first-order chi connectivity index (χ1) is 32.1. The van der Waals surface area contributed by atoms with E-state index < -0.39 is 0 Å². The maximum atomic E-state index is 2.51. The molecular weight excluding hydrogens is 783 g/mol. The van der Waals surface area contributed by atoms with Crippen LogP contribution in [0.15, 0.2) is 255 Å². The van der Waals surface area contributed by atoms with E-state index in [1.54, 1.807) is 0 Å². The van der Waals surface area contributed by atoms with Crippen LogP contribution in [0.25, 0.3) is 77.2 Å². The summed E-state index contributed by atoms with van der Waals surface area (Å²) in [5.41, 5.74) is 19.0. The number of anilines is 3. The predicted octanol–water partition coefficient (Wildman–Crippen LogP) is 17.5. The summed E-state index contributed by atoms with van der Waals surface area (Å²) >= 11 is 0. The van der Waals surface area contributed by atoms with Crippen molar-refractivity contribution in [2.24, 2.45) is 0 Å². The number of hydrogen-bond donors (Lipinski definition) is 0. The molecular formula is C64H45N. The van der Waals surface area contributed by atoms with Crippen LogP contribution in [0.3, 0.4) is 0 Å². The number of fused-ring (bicyclic) bond motifs is 6. The maximum Gasteiger partial charge on any atom is 0.0540 e. The lowest BCUT2D eigenvalue weighted by Crippen LogP contribution is -2.23. The number of benzene rings is 11. The Morgan fingerprint density at radius 3 is 1.46 bits per heavy atom. The molecule has 12 rings (SSSR count). The van der Waals surface area contributed by atoms with Gasteiger partial charge in [-0.2, -0.15) is 0 Å². The van der Waals surface area contributed by atoms with Gasteiger partial charge >= 0.3 is 0 Å². The smallest absolute Gasteiger partial charge is 0.0540 e. The van der Waals surface area contributed by atoms with E-state index in [1.165, 1.54) is 82.7 Å². The molecule has 0 aromatic heterocycles. The Hall–Kier alpha value is -8.26. The molecule has 0 amide bonds. The zero-order chi connectivity index (χ0) is 43.3. The summed E-state index contributed by atoms with van der Waals surface area (Å²) in [6, 6.07) is 93.7. The largest absolute Gasteiger partial charge is 0.310 e. The van der Waals surface area contributed by atoms with Crippen LogP contribution in [0.4, 0.5) is 17.1 Å². The molecule has 0 saturated carbocycles. The summed E-state index contributed by atoms with van der Waals surface area (Å²) in [6.07, 6.45) is 0. The van der Waals surface area contributed by atoms with Crippen LogP contribution in [-0.2, 0) is 5.41 Å². The molecule has 0 heterocycles. The molecule has 0 N–H and O–H groups in total. The Morgan fingerprint density at radius 2 is 0.785 bits per heavy atom. The first-order valence-corrected chi connectivity index (χ1v) is 22.6. The molecule has 0 radical (unpaired) electrons. The van der Waals surface area contributed by atoms with Gasteiger partial charge in [0.25, 0.3) is 0 Å². The van der Waals surface area contributed by atoms with Gasteiger partial charge in [0.2, 0.25) is 0 Å². The molecule has 1 atom stereocenters. The topological polar surface area (TPSA) is 3.24 Å². The molecule has 0 fully saturated rings. The second-order valence-corrected chi connectivity index (χ2v) is 17.3. The normalized spacial score (nSPS) is 14.0. The third kappa shape index (κ3) is 6.39. The van der Waals surface area contributed by atoms with Crippen molar-refractivity contribution in [3.8, 4) is 55.6 Å². The molecule has 11 aromatic rings. The molecule has 0 spiro atoms. The van der Waals surface area contributed by atoms with E-state index in [9.17, 15) is 0 Å². The minimum absolute atomic E-state index is 0.359. The molecule has 65 heavy (non-hydrogen) atoms. The lowest BCUT2D eigenvalue weighted by molar-refractivity contribution is 0.714. The Balaban J connectivity index is 1.18. The second kappa shape index (κ2) is 15.8. The van der Waals surface area contributed by atoms with E-state index in [-0.39, 0.29) is 5.41 Å². The van der Waals surface area contributed by atoms with Gasteiger partial charge in [-0.15, -0.1) is 0 Å². The van der Waals surface area contributed by atoms with Crippen molar-refractivity contribution < 1.29 is 0 Å². The molecule has 1 heteroatoms. The first kappa shape index (κ1) is 38.4. The van der Waals surface area contributed by atoms with Crippen LogP contribution in [0, 0.1) is 0 Å². The third-order valence-electron chi connectivity index (χ3n) is 13.7. The average molecular weight is 828 g/mol.